The number of aliphatic imine (C=N–C) groups is 1. The number of aromatic hydroxyl groups is 1. The Morgan fingerprint density at radius 3 is 2.48 bits per heavy atom. The molecule has 2 aromatic carbocycles. The van der Waals surface area contributed by atoms with Gasteiger partial charge in [-0.2, -0.15) is 0 Å². The van der Waals surface area contributed by atoms with E-state index in [1.165, 1.54) is 12.1 Å². The maximum atomic E-state index is 12.1. The Kier molecular flexibility index (Phi) is 9.18. The summed E-state index contributed by atoms with van der Waals surface area (Å²) in [5.74, 6) is 1.43. The maximum absolute atomic E-state index is 12.1. The number of carbonyl (C=O) groups is 1. The second-order valence-electron chi connectivity index (χ2n) is 8.10. The fourth-order valence-corrected chi connectivity index (χ4v) is 2.82. The standard InChI is InChI=1S/C24H34N4O3/c1-5-25-23(28-17-19-10-6-7-13-21(19)31-24(2,3)4)27-15-9-14-26-22(30)18-11-8-12-20(29)16-18/h6-8,10-13,16,29H,5,9,14-15,17H2,1-4H3,(H,26,30)(H2,25,27,28). The molecule has 0 unspecified atom stereocenters. The molecule has 31 heavy (non-hydrogen) atoms. The van der Waals surface area contributed by atoms with E-state index in [9.17, 15) is 9.90 Å². The first-order valence-corrected chi connectivity index (χ1v) is 10.6. The van der Waals surface area contributed by atoms with Gasteiger partial charge in [-0.25, -0.2) is 4.99 Å². The van der Waals surface area contributed by atoms with Crippen LogP contribution in [0, 0.1) is 0 Å². The van der Waals surface area contributed by atoms with Gasteiger partial charge in [0, 0.05) is 30.8 Å². The van der Waals surface area contributed by atoms with Crippen LogP contribution in [0.25, 0.3) is 0 Å². The zero-order valence-corrected chi connectivity index (χ0v) is 18.9. The van der Waals surface area contributed by atoms with Crippen molar-refractivity contribution in [2.24, 2.45) is 4.99 Å². The van der Waals surface area contributed by atoms with Gasteiger partial charge >= 0.3 is 0 Å². The number of carbonyl (C=O) groups excluding carboxylic acids is 1. The molecule has 7 heteroatoms. The van der Waals surface area contributed by atoms with Gasteiger partial charge in [-0.3, -0.25) is 4.79 Å². The third kappa shape index (κ3) is 8.99. The van der Waals surface area contributed by atoms with Crippen LogP contribution in [0.4, 0.5) is 0 Å². The molecule has 0 atom stereocenters. The minimum atomic E-state index is -0.272. The quantitative estimate of drug-likeness (QED) is 0.280. The molecule has 0 saturated heterocycles. The van der Waals surface area contributed by atoms with Crippen molar-refractivity contribution in [3.05, 3.63) is 59.7 Å². The second kappa shape index (κ2) is 11.8. The lowest BCUT2D eigenvalue weighted by molar-refractivity contribution is 0.0953. The van der Waals surface area contributed by atoms with E-state index in [2.05, 4.69) is 20.9 Å². The number of nitrogens with one attached hydrogen (secondary N) is 3. The summed E-state index contributed by atoms with van der Waals surface area (Å²) in [5, 5.41) is 18.8. The summed E-state index contributed by atoms with van der Waals surface area (Å²) in [4.78, 5) is 16.8. The molecule has 0 aliphatic heterocycles. The number of guanidine groups is 1. The van der Waals surface area contributed by atoms with Gasteiger partial charge in [0.15, 0.2) is 5.96 Å². The average Bonchev–Trinajstić information content (AvgIpc) is 2.71. The maximum Gasteiger partial charge on any atom is 0.251 e. The number of amides is 1. The van der Waals surface area contributed by atoms with Crippen molar-refractivity contribution in [2.75, 3.05) is 19.6 Å². The van der Waals surface area contributed by atoms with Crippen molar-refractivity contribution in [1.82, 2.24) is 16.0 Å². The number of phenols is 1. The molecule has 0 saturated carbocycles. The van der Waals surface area contributed by atoms with E-state index in [0.717, 1.165) is 24.3 Å². The summed E-state index contributed by atoms with van der Waals surface area (Å²) in [6, 6.07) is 14.2. The fourth-order valence-electron chi connectivity index (χ4n) is 2.82. The van der Waals surface area contributed by atoms with E-state index in [0.29, 0.717) is 31.2 Å². The number of ether oxygens (including phenoxy) is 1. The Bertz CT molecular complexity index is 875. The molecule has 168 valence electrons. The van der Waals surface area contributed by atoms with Crippen LogP contribution in [0.3, 0.4) is 0 Å². The van der Waals surface area contributed by atoms with Crippen LogP contribution in [0.15, 0.2) is 53.5 Å². The smallest absolute Gasteiger partial charge is 0.251 e. The first-order valence-electron chi connectivity index (χ1n) is 10.6. The largest absolute Gasteiger partial charge is 0.508 e. The zero-order valence-electron chi connectivity index (χ0n) is 18.9. The van der Waals surface area contributed by atoms with E-state index < -0.39 is 0 Å². The van der Waals surface area contributed by atoms with Crippen LogP contribution in [-0.4, -0.2) is 42.2 Å². The number of para-hydroxylation sites is 1. The molecule has 0 aromatic heterocycles. The van der Waals surface area contributed by atoms with Crippen LogP contribution in [0.5, 0.6) is 11.5 Å². The number of rotatable bonds is 9. The van der Waals surface area contributed by atoms with Crippen molar-refractivity contribution in [1.29, 1.82) is 0 Å². The minimum absolute atomic E-state index is 0.0790. The molecular weight excluding hydrogens is 392 g/mol. The highest BCUT2D eigenvalue weighted by Gasteiger charge is 2.14. The molecule has 2 aromatic rings. The third-order valence-electron chi connectivity index (χ3n) is 4.18. The highest BCUT2D eigenvalue weighted by atomic mass is 16.5. The van der Waals surface area contributed by atoms with E-state index in [1.54, 1.807) is 12.1 Å². The van der Waals surface area contributed by atoms with Crippen molar-refractivity contribution >= 4 is 11.9 Å². The minimum Gasteiger partial charge on any atom is -0.508 e. The SMILES string of the molecule is CCNC(=NCc1ccccc1OC(C)(C)C)NCCCNC(=O)c1cccc(O)c1. The van der Waals surface area contributed by atoms with E-state index in [1.807, 2.05) is 52.0 Å². The molecule has 0 radical (unpaired) electrons. The first-order chi connectivity index (χ1) is 14.8. The summed E-state index contributed by atoms with van der Waals surface area (Å²) in [6.07, 6.45) is 0.735. The number of hydrogen-bond donors (Lipinski definition) is 4. The van der Waals surface area contributed by atoms with Crippen molar-refractivity contribution in [2.45, 2.75) is 46.3 Å². The van der Waals surface area contributed by atoms with Crippen LogP contribution in [0.1, 0.15) is 50.0 Å². The summed E-state index contributed by atoms with van der Waals surface area (Å²) < 4.78 is 6.04. The Hall–Kier alpha value is -3.22. The summed E-state index contributed by atoms with van der Waals surface area (Å²) in [6.45, 7) is 10.5. The normalized spacial score (nSPS) is 11.7. The van der Waals surface area contributed by atoms with Crippen LogP contribution >= 0.6 is 0 Å². The summed E-state index contributed by atoms with van der Waals surface area (Å²) in [5.41, 5.74) is 1.19. The van der Waals surface area contributed by atoms with Crippen molar-refractivity contribution in [3.63, 3.8) is 0 Å². The summed E-state index contributed by atoms with van der Waals surface area (Å²) >= 11 is 0. The van der Waals surface area contributed by atoms with Gasteiger partial charge in [-0.05, 0) is 58.4 Å². The van der Waals surface area contributed by atoms with Gasteiger partial charge in [-0.15, -0.1) is 0 Å². The molecule has 1 amide bonds. The Labute approximate surface area is 184 Å². The highest BCUT2D eigenvalue weighted by molar-refractivity contribution is 5.94. The number of nitrogens with zero attached hydrogens (tertiary/aromatic N) is 1. The number of phenolic OH excluding ortho intramolecular Hbond substituents is 1. The lowest BCUT2D eigenvalue weighted by Gasteiger charge is -2.23. The van der Waals surface area contributed by atoms with Gasteiger partial charge in [0.2, 0.25) is 0 Å². The predicted molar refractivity (Wildman–Crippen MR) is 125 cm³/mol. The zero-order chi connectivity index (χ0) is 22.7. The first kappa shape index (κ1) is 24.1. The topological polar surface area (TPSA) is 95.0 Å². The van der Waals surface area contributed by atoms with E-state index in [4.69, 9.17) is 4.74 Å². The average molecular weight is 427 g/mol. The number of hydrogen-bond acceptors (Lipinski definition) is 4. The van der Waals surface area contributed by atoms with Gasteiger partial charge < -0.3 is 25.8 Å². The lowest BCUT2D eigenvalue weighted by Crippen LogP contribution is -2.38. The lowest BCUT2D eigenvalue weighted by atomic mass is 10.1. The third-order valence-corrected chi connectivity index (χ3v) is 4.18. The summed E-state index contributed by atoms with van der Waals surface area (Å²) in [7, 11) is 0. The molecular formula is C24H34N4O3. The van der Waals surface area contributed by atoms with Crippen LogP contribution in [0.2, 0.25) is 0 Å². The molecule has 0 fully saturated rings. The fraction of sp³-hybridized carbons (Fsp3) is 0.417. The van der Waals surface area contributed by atoms with Gasteiger partial charge in [-0.1, -0.05) is 24.3 Å². The monoisotopic (exact) mass is 426 g/mol. The van der Waals surface area contributed by atoms with Crippen molar-refractivity contribution in [3.8, 4) is 11.5 Å². The van der Waals surface area contributed by atoms with E-state index >= 15 is 0 Å². The molecule has 7 nitrogen and oxygen atoms in total. The van der Waals surface area contributed by atoms with Crippen molar-refractivity contribution < 1.29 is 14.6 Å². The number of benzene rings is 2. The molecule has 0 heterocycles. The van der Waals surface area contributed by atoms with Gasteiger partial charge in [0.1, 0.15) is 17.1 Å². The molecule has 0 spiro atoms. The highest BCUT2D eigenvalue weighted by Crippen LogP contribution is 2.23. The predicted octanol–water partition coefficient (Wildman–Crippen LogP) is 3.44. The molecule has 0 aliphatic rings. The van der Waals surface area contributed by atoms with Crippen LogP contribution < -0.4 is 20.7 Å². The second-order valence-corrected chi connectivity index (χ2v) is 8.10. The molecule has 4 N–H and O–H groups in total. The Morgan fingerprint density at radius 2 is 1.77 bits per heavy atom. The Morgan fingerprint density at radius 1 is 1.03 bits per heavy atom. The molecule has 0 aliphatic carbocycles. The van der Waals surface area contributed by atoms with E-state index in [-0.39, 0.29) is 17.3 Å². The van der Waals surface area contributed by atoms with Gasteiger partial charge in [0.05, 0.1) is 6.54 Å². The molecule has 0 bridgehead atoms. The molecule has 2 rings (SSSR count). The van der Waals surface area contributed by atoms with Gasteiger partial charge in [0.25, 0.3) is 5.91 Å². The Balaban J connectivity index is 1.83. The van der Waals surface area contributed by atoms with Crippen LogP contribution in [-0.2, 0) is 6.54 Å².